The SMILES string of the molecule is Nc1ccc2cc3c(C#Cc4ccccc4)c(N)ccc3cc2c1. The summed E-state index contributed by atoms with van der Waals surface area (Å²) in [6.45, 7) is 0. The minimum absolute atomic E-state index is 0.695. The van der Waals surface area contributed by atoms with E-state index in [-0.39, 0.29) is 0 Å². The molecule has 4 N–H and O–H groups in total. The van der Waals surface area contributed by atoms with Gasteiger partial charge in [0.05, 0.1) is 5.56 Å². The van der Waals surface area contributed by atoms with Crippen molar-refractivity contribution in [3.8, 4) is 11.8 Å². The van der Waals surface area contributed by atoms with Crippen LogP contribution in [0, 0.1) is 11.8 Å². The second-order valence-electron chi connectivity index (χ2n) is 5.83. The third-order valence-electron chi connectivity index (χ3n) is 4.14. The summed E-state index contributed by atoms with van der Waals surface area (Å²) in [5.41, 5.74) is 15.4. The predicted molar refractivity (Wildman–Crippen MR) is 103 cm³/mol. The van der Waals surface area contributed by atoms with Crippen LogP contribution in [0.15, 0.2) is 72.8 Å². The van der Waals surface area contributed by atoms with E-state index in [0.717, 1.165) is 38.4 Å². The molecule has 24 heavy (non-hydrogen) atoms. The van der Waals surface area contributed by atoms with E-state index in [4.69, 9.17) is 11.5 Å². The molecule has 0 spiro atoms. The first-order valence-corrected chi connectivity index (χ1v) is 7.79. The van der Waals surface area contributed by atoms with Crippen molar-refractivity contribution in [3.05, 3.63) is 83.9 Å². The van der Waals surface area contributed by atoms with Gasteiger partial charge in [-0.2, -0.15) is 0 Å². The fourth-order valence-electron chi connectivity index (χ4n) is 2.90. The highest BCUT2D eigenvalue weighted by atomic mass is 14.6. The minimum atomic E-state index is 0.695. The number of fused-ring (bicyclic) bond motifs is 2. The van der Waals surface area contributed by atoms with Crippen LogP contribution in [0.2, 0.25) is 0 Å². The summed E-state index contributed by atoms with van der Waals surface area (Å²) >= 11 is 0. The molecular weight excluding hydrogens is 292 g/mol. The summed E-state index contributed by atoms with van der Waals surface area (Å²) < 4.78 is 0. The van der Waals surface area contributed by atoms with Crippen molar-refractivity contribution in [1.29, 1.82) is 0 Å². The van der Waals surface area contributed by atoms with Gasteiger partial charge in [-0.15, -0.1) is 0 Å². The lowest BCUT2D eigenvalue weighted by Crippen LogP contribution is -1.92. The van der Waals surface area contributed by atoms with E-state index >= 15 is 0 Å². The van der Waals surface area contributed by atoms with E-state index in [2.05, 4.69) is 24.0 Å². The van der Waals surface area contributed by atoms with E-state index in [0.29, 0.717) is 5.69 Å². The second-order valence-corrected chi connectivity index (χ2v) is 5.83. The van der Waals surface area contributed by atoms with E-state index in [1.54, 1.807) is 0 Å². The van der Waals surface area contributed by atoms with Gasteiger partial charge >= 0.3 is 0 Å². The summed E-state index contributed by atoms with van der Waals surface area (Å²) in [6.07, 6.45) is 0. The maximum atomic E-state index is 6.20. The highest BCUT2D eigenvalue weighted by molar-refractivity contribution is 6.03. The normalized spacial score (nSPS) is 10.5. The zero-order valence-corrected chi connectivity index (χ0v) is 13.1. The molecule has 0 unspecified atom stereocenters. The quantitative estimate of drug-likeness (QED) is 0.284. The number of rotatable bonds is 0. The monoisotopic (exact) mass is 308 g/mol. The Morgan fingerprint density at radius 3 is 2.25 bits per heavy atom. The third-order valence-corrected chi connectivity index (χ3v) is 4.14. The summed E-state index contributed by atoms with van der Waals surface area (Å²) in [4.78, 5) is 0. The molecule has 0 atom stereocenters. The zero-order chi connectivity index (χ0) is 16.5. The molecule has 0 aliphatic heterocycles. The van der Waals surface area contributed by atoms with Gasteiger partial charge < -0.3 is 11.5 Å². The Morgan fingerprint density at radius 2 is 1.42 bits per heavy atom. The number of nitrogens with two attached hydrogens (primary N) is 2. The van der Waals surface area contributed by atoms with Gasteiger partial charge in [-0.3, -0.25) is 0 Å². The molecule has 2 heteroatoms. The molecule has 0 heterocycles. The molecule has 114 valence electrons. The summed E-state index contributed by atoms with van der Waals surface area (Å²) in [5, 5.41) is 4.43. The first-order chi connectivity index (χ1) is 11.7. The largest absolute Gasteiger partial charge is 0.399 e. The van der Waals surface area contributed by atoms with Gasteiger partial charge in [-0.05, 0) is 58.6 Å². The fourth-order valence-corrected chi connectivity index (χ4v) is 2.90. The molecule has 0 aromatic heterocycles. The van der Waals surface area contributed by atoms with Crippen molar-refractivity contribution in [2.24, 2.45) is 0 Å². The molecule has 4 aromatic rings. The van der Waals surface area contributed by atoms with Crippen LogP contribution < -0.4 is 11.5 Å². The van der Waals surface area contributed by atoms with Crippen LogP contribution in [0.25, 0.3) is 21.5 Å². The van der Waals surface area contributed by atoms with Crippen LogP contribution in [0.4, 0.5) is 11.4 Å². The van der Waals surface area contributed by atoms with E-state index in [9.17, 15) is 0 Å². The van der Waals surface area contributed by atoms with Gasteiger partial charge in [0.1, 0.15) is 0 Å². The molecule has 4 aromatic carbocycles. The molecule has 0 fully saturated rings. The third kappa shape index (κ3) is 2.53. The lowest BCUT2D eigenvalue weighted by Gasteiger charge is -2.07. The van der Waals surface area contributed by atoms with Crippen molar-refractivity contribution >= 4 is 32.9 Å². The summed E-state index contributed by atoms with van der Waals surface area (Å²) in [5.74, 6) is 6.45. The number of anilines is 2. The standard InChI is InChI=1S/C22H16N2/c23-19-9-7-16-14-21-17(12-18(16)13-19)8-11-22(24)20(21)10-6-15-4-2-1-3-5-15/h1-5,7-9,11-14H,23-24H2. The van der Waals surface area contributed by atoms with E-state index < -0.39 is 0 Å². The van der Waals surface area contributed by atoms with Crippen molar-refractivity contribution < 1.29 is 0 Å². The molecule has 2 nitrogen and oxygen atoms in total. The summed E-state index contributed by atoms with van der Waals surface area (Å²) in [7, 11) is 0. The molecule has 4 rings (SSSR count). The Morgan fingerprint density at radius 1 is 0.625 bits per heavy atom. The maximum Gasteiger partial charge on any atom is 0.0557 e. The molecule has 0 aliphatic carbocycles. The Bertz CT molecular complexity index is 1120. The molecule has 0 saturated carbocycles. The number of hydrogen-bond acceptors (Lipinski definition) is 2. The van der Waals surface area contributed by atoms with Gasteiger partial charge in [-0.25, -0.2) is 0 Å². The lowest BCUT2D eigenvalue weighted by molar-refractivity contribution is 1.64. The average Bonchev–Trinajstić information content (AvgIpc) is 2.60. The molecule has 0 saturated heterocycles. The Kier molecular flexibility index (Phi) is 3.33. The first kappa shape index (κ1) is 14.2. The van der Waals surface area contributed by atoms with E-state index in [1.807, 2.05) is 60.7 Å². The number of nitrogen functional groups attached to an aromatic ring is 2. The maximum absolute atomic E-state index is 6.20. The van der Waals surface area contributed by atoms with Gasteiger partial charge in [0.25, 0.3) is 0 Å². The van der Waals surface area contributed by atoms with Gasteiger partial charge in [0.2, 0.25) is 0 Å². The topological polar surface area (TPSA) is 52.0 Å². The minimum Gasteiger partial charge on any atom is -0.399 e. The fraction of sp³-hybridized carbons (Fsp3) is 0. The van der Waals surface area contributed by atoms with Crippen LogP contribution in [0.1, 0.15) is 11.1 Å². The van der Waals surface area contributed by atoms with Crippen molar-refractivity contribution in [2.45, 2.75) is 0 Å². The Balaban J connectivity index is 1.96. The molecule has 0 aliphatic rings. The summed E-state index contributed by atoms with van der Waals surface area (Å²) in [6, 6.07) is 24.1. The van der Waals surface area contributed by atoms with Crippen LogP contribution in [-0.4, -0.2) is 0 Å². The molecular formula is C22H16N2. The van der Waals surface area contributed by atoms with Crippen molar-refractivity contribution in [2.75, 3.05) is 11.5 Å². The van der Waals surface area contributed by atoms with Gasteiger partial charge in [-0.1, -0.05) is 42.2 Å². The molecule has 0 radical (unpaired) electrons. The number of benzene rings is 4. The van der Waals surface area contributed by atoms with Crippen LogP contribution in [-0.2, 0) is 0 Å². The van der Waals surface area contributed by atoms with Crippen molar-refractivity contribution in [1.82, 2.24) is 0 Å². The second kappa shape index (κ2) is 5.64. The van der Waals surface area contributed by atoms with Crippen LogP contribution in [0.3, 0.4) is 0 Å². The highest BCUT2D eigenvalue weighted by Crippen LogP contribution is 2.29. The Hall–Kier alpha value is -3.44. The first-order valence-electron chi connectivity index (χ1n) is 7.79. The average molecular weight is 308 g/mol. The lowest BCUT2D eigenvalue weighted by atomic mass is 9.98. The number of hydrogen-bond donors (Lipinski definition) is 2. The zero-order valence-electron chi connectivity index (χ0n) is 13.1. The smallest absolute Gasteiger partial charge is 0.0557 e. The molecule has 0 bridgehead atoms. The predicted octanol–water partition coefficient (Wildman–Crippen LogP) is 4.56. The van der Waals surface area contributed by atoms with Gasteiger partial charge in [0.15, 0.2) is 0 Å². The van der Waals surface area contributed by atoms with Gasteiger partial charge in [0, 0.05) is 22.3 Å². The molecule has 0 amide bonds. The van der Waals surface area contributed by atoms with E-state index in [1.165, 1.54) is 0 Å². The highest BCUT2D eigenvalue weighted by Gasteiger charge is 2.05. The Labute approximate surface area is 140 Å². The van der Waals surface area contributed by atoms with Crippen LogP contribution in [0.5, 0.6) is 0 Å². The van der Waals surface area contributed by atoms with Crippen LogP contribution >= 0.6 is 0 Å². The van der Waals surface area contributed by atoms with Crippen molar-refractivity contribution in [3.63, 3.8) is 0 Å².